The van der Waals surface area contributed by atoms with Gasteiger partial charge in [-0.15, -0.1) is 0 Å². The Balaban J connectivity index is 4.08. The van der Waals surface area contributed by atoms with Crippen LogP contribution in [0.3, 0.4) is 0 Å². The van der Waals surface area contributed by atoms with E-state index in [9.17, 15) is 19.0 Å². The first-order valence-electron chi connectivity index (χ1n) is 39.5. The molecule has 0 bridgehead atoms. The molecule has 0 saturated heterocycles. The summed E-state index contributed by atoms with van der Waals surface area (Å²) in [6, 6.07) is 0. The van der Waals surface area contributed by atoms with Gasteiger partial charge < -0.3 is 27.9 Å². The van der Waals surface area contributed by atoms with E-state index in [1.807, 2.05) is 21.1 Å². The largest absolute Gasteiger partial charge is 0.756 e. The lowest BCUT2D eigenvalue weighted by molar-refractivity contribution is -0.870. The monoisotopic (exact) mass is 1380 g/mol. The molecule has 0 spiro atoms. The molecule has 0 aliphatic heterocycles. The molecule has 0 N–H and O–H groups in total. The summed E-state index contributed by atoms with van der Waals surface area (Å²) in [4.78, 5) is 38.2. The number of quaternary nitrogens is 1. The summed E-state index contributed by atoms with van der Waals surface area (Å²) < 4.78 is 34.3. The van der Waals surface area contributed by atoms with E-state index in [4.69, 9.17) is 18.5 Å². The second kappa shape index (κ2) is 76.3. The van der Waals surface area contributed by atoms with E-state index < -0.39 is 32.5 Å². The molecule has 0 aliphatic rings. The molecule has 0 aromatic heterocycles. The predicted octanol–water partition coefficient (Wildman–Crippen LogP) is 26.0. The number of allylic oxidation sites excluding steroid dienone is 30. The van der Waals surface area contributed by atoms with Crippen LogP contribution in [0, 0.1) is 0 Å². The highest BCUT2D eigenvalue weighted by Gasteiger charge is 2.22. The van der Waals surface area contributed by atoms with Crippen molar-refractivity contribution in [2.24, 2.45) is 0 Å². The normalized spacial score (nSPS) is 14.1. The standard InChI is InChI=1S/C88H146NO8P/c1-6-8-10-12-14-16-18-20-22-24-26-28-30-32-34-36-38-40-42-44-46-48-50-52-54-56-58-60-62-64-66-68-70-72-74-76-78-80-87(90)94-84-86(85-96-98(92,93)95-83-82-89(3,4)5)97-88(91)81-79-77-75-73-71-69-67-65-63-61-59-57-55-53-51-49-47-45-43-41-39-37-35-33-31-29-27-25-23-21-19-17-15-13-11-9-7-2/h8-11,14-17,20-23,26-29,33,35,39,41,45,47,51,53,57,59,63,65,69,71,86H,6-7,12-13,18-19,24-25,30-32,34,36-38,40,42-44,46,48-50,52,54-56,58,60-62,64,66-68,70,72-85H2,1-5H3/b10-8-,11-9-,16-14-,17-15-,22-20-,23-21-,28-26-,29-27-,35-33-,41-39-,47-45-,53-51-,59-57-,65-63-,71-69-. The first-order chi connectivity index (χ1) is 48.0. The lowest BCUT2D eigenvalue weighted by Crippen LogP contribution is -2.37. The molecule has 0 amide bonds. The van der Waals surface area contributed by atoms with Crippen molar-refractivity contribution in [1.29, 1.82) is 0 Å². The number of esters is 2. The zero-order valence-corrected chi connectivity index (χ0v) is 64.3. The van der Waals surface area contributed by atoms with Crippen LogP contribution in [0.1, 0.15) is 309 Å². The molecule has 0 aliphatic carbocycles. The third-order valence-corrected chi connectivity index (χ3v) is 17.4. The van der Waals surface area contributed by atoms with Crippen LogP contribution in [0.25, 0.3) is 0 Å². The first kappa shape index (κ1) is 93.1. The van der Waals surface area contributed by atoms with Gasteiger partial charge in [0.05, 0.1) is 27.7 Å². The van der Waals surface area contributed by atoms with E-state index in [2.05, 4.69) is 196 Å². The Morgan fingerprint density at radius 2 is 0.551 bits per heavy atom. The molecule has 2 unspecified atom stereocenters. The van der Waals surface area contributed by atoms with Crippen LogP contribution in [0.15, 0.2) is 182 Å². The highest BCUT2D eigenvalue weighted by Crippen LogP contribution is 2.38. The third-order valence-electron chi connectivity index (χ3n) is 16.4. The Morgan fingerprint density at radius 3 is 0.827 bits per heavy atom. The highest BCUT2D eigenvalue weighted by molar-refractivity contribution is 7.45. The van der Waals surface area contributed by atoms with Crippen LogP contribution >= 0.6 is 7.82 Å². The van der Waals surface area contributed by atoms with Gasteiger partial charge in [0.15, 0.2) is 6.10 Å². The molecule has 0 radical (unpaired) electrons. The molecule has 10 heteroatoms. The van der Waals surface area contributed by atoms with Gasteiger partial charge in [-0.2, -0.15) is 0 Å². The van der Waals surface area contributed by atoms with E-state index in [1.165, 1.54) is 141 Å². The molecular weight excluding hydrogens is 1230 g/mol. The van der Waals surface area contributed by atoms with Gasteiger partial charge >= 0.3 is 11.9 Å². The van der Waals surface area contributed by atoms with E-state index >= 15 is 0 Å². The lowest BCUT2D eigenvalue weighted by atomic mass is 10.0. The van der Waals surface area contributed by atoms with E-state index in [0.29, 0.717) is 17.4 Å². The minimum absolute atomic E-state index is 0.0453. The first-order valence-corrected chi connectivity index (χ1v) is 41.0. The molecule has 0 rings (SSSR count). The number of hydrogen-bond acceptors (Lipinski definition) is 8. The van der Waals surface area contributed by atoms with Gasteiger partial charge in [0.1, 0.15) is 19.8 Å². The second-order valence-corrected chi connectivity index (χ2v) is 28.4. The molecule has 98 heavy (non-hydrogen) atoms. The highest BCUT2D eigenvalue weighted by atomic mass is 31.2. The Bertz CT molecular complexity index is 2320. The van der Waals surface area contributed by atoms with Gasteiger partial charge in [0, 0.05) is 12.8 Å². The Labute approximate surface area is 603 Å². The average molecular weight is 1380 g/mol. The fraction of sp³-hybridized carbons (Fsp3) is 0.636. The summed E-state index contributed by atoms with van der Waals surface area (Å²) in [6.07, 6.45) is 117. The molecule has 0 aromatic carbocycles. The number of carbonyl (C=O) groups excluding carboxylic acids is 2. The molecule has 0 fully saturated rings. The van der Waals surface area contributed by atoms with Crippen molar-refractivity contribution in [2.75, 3.05) is 47.5 Å². The van der Waals surface area contributed by atoms with Crippen molar-refractivity contribution >= 4 is 19.8 Å². The zero-order valence-electron chi connectivity index (χ0n) is 63.4. The number of unbranched alkanes of at least 4 members (excludes halogenated alkanes) is 27. The fourth-order valence-corrected chi connectivity index (χ4v) is 11.2. The van der Waals surface area contributed by atoms with Gasteiger partial charge in [-0.25, -0.2) is 0 Å². The van der Waals surface area contributed by atoms with Crippen molar-refractivity contribution in [1.82, 2.24) is 0 Å². The number of phosphoric acid groups is 1. The van der Waals surface area contributed by atoms with Crippen molar-refractivity contribution in [3.8, 4) is 0 Å². The quantitative estimate of drug-likeness (QED) is 0.0195. The van der Waals surface area contributed by atoms with Crippen molar-refractivity contribution in [3.63, 3.8) is 0 Å². The predicted molar refractivity (Wildman–Crippen MR) is 424 cm³/mol. The van der Waals surface area contributed by atoms with Crippen LogP contribution in [-0.2, 0) is 32.7 Å². The van der Waals surface area contributed by atoms with Crippen molar-refractivity contribution in [3.05, 3.63) is 182 Å². The summed E-state index contributed by atoms with van der Waals surface area (Å²) in [5.41, 5.74) is 0. The maximum Gasteiger partial charge on any atom is 0.306 e. The third kappa shape index (κ3) is 80.1. The van der Waals surface area contributed by atoms with Crippen LogP contribution in [0.2, 0.25) is 0 Å². The summed E-state index contributed by atoms with van der Waals surface area (Å²) >= 11 is 0. The molecule has 0 saturated carbocycles. The number of hydrogen-bond donors (Lipinski definition) is 0. The number of nitrogens with zero attached hydrogens (tertiary/aromatic N) is 1. The number of likely N-dealkylation sites (N-methyl/N-ethyl adjacent to an activating group) is 1. The number of ether oxygens (including phenoxy) is 2. The van der Waals surface area contributed by atoms with E-state index in [1.54, 1.807) is 0 Å². The minimum atomic E-state index is -4.67. The number of phosphoric ester groups is 1. The Morgan fingerprint density at radius 1 is 0.316 bits per heavy atom. The minimum Gasteiger partial charge on any atom is -0.756 e. The molecule has 556 valence electrons. The molecule has 0 heterocycles. The van der Waals surface area contributed by atoms with E-state index in [0.717, 1.165) is 135 Å². The fourth-order valence-electron chi connectivity index (χ4n) is 10.5. The summed E-state index contributed by atoms with van der Waals surface area (Å²) in [7, 11) is 1.13. The Hall–Kier alpha value is -4.89. The molecular formula is C88H146NO8P. The smallest absolute Gasteiger partial charge is 0.306 e. The Kier molecular flexibility index (Phi) is 72.5. The summed E-state index contributed by atoms with van der Waals surface area (Å²) in [5, 5.41) is 0. The van der Waals surface area contributed by atoms with Gasteiger partial charge in [-0.05, 0) is 135 Å². The number of rotatable bonds is 71. The lowest BCUT2D eigenvalue weighted by Gasteiger charge is -2.28. The van der Waals surface area contributed by atoms with Crippen molar-refractivity contribution in [2.45, 2.75) is 315 Å². The molecule has 0 aromatic rings. The van der Waals surface area contributed by atoms with Gasteiger partial charge in [0.2, 0.25) is 0 Å². The number of carbonyl (C=O) groups is 2. The molecule has 9 nitrogen and oxygen atoms in total. The van der Waals surface area contributed by atoms with Gasteiger partial charge in [-0.3, -0.25) is 14.2 Å². The zero-order chi connectivity index (χ0) is 71.1. The maximum absolute atomic E-state index is 12.9. The van der Waals surface area contributed by atoms with Gasteiger partial charge in [-0.1, -0.05) is 344 Å². The maximum atomic E-state index is 12.9. The SMILES string of the molecule is CC/C=C\C/C=C\C/C=C\C/C=C\C/C=C\C/C=C\C/C=C\C/C=C\C/C=C\C/C=C\C/C=C\CCCCCC(=O)OC(COC(=O)CCCCCCCCCCCCCCCCCCCCCCCCCC/C=C\C/C=C\C/C=C\C/C=C\CC)COP(=O)([O-])OCC[N+](C)(C)C. The summed E-state index contributed by atoms with van der Waals surface area (Å²) in [6.45, 7) is 3.98. The van der Waals surface area contributed by atoms with Crippen LogP contribution in [0.4, 0.5) is 0 Å². The van der Waals surface area contributed by atoms with E-state index in [-0.39, 0.29) is 26.1 Å². The average Bonchev–Trinajstić information content (AvgIpc) is 1.08. The van der Waals surface area contributed by atoms with Crippen LogP contribution in [0.5, 0.6) is 0 Å². The van der Waals surface area contributed by atoms with Crippen LogP contribution < -0.4 is 4.89 Å². The topological polar surface area (TPSA) is 111 Å². The summed E-state index contributed by atoms with van der Waals surface area (Å²) in [5.74, 6) is -0.873. The van der Waals surface area contributed by atoms with Crippen LogP contribution in [-0.4, -0.2) is 70.0 Å². The second-order valence-electron chi connectivity index (χ2n) is 27.0. The molecule has 2 atom stereocenters. The van der Waals surface area contributed by atoms with Crippen molar-refractivity contribution < 1.29 is 42.1 Å². The van der Waals surface area contributed by atoms with Gasteiger partial charge in [0.25, 0.3) is 7.82 Å².